The van der Waals surface area contributed by atoms with Gasteiger partial charge in [0, 0.05) is 13.1 Å². The number of nitrogens with one attached hydrogen (secondary N) is 1. The van der Waals surface area contributed by atoms with Crippen LogP contribution in [0.5, 0.6) is 0 Å². The molecule has 1 aliphatic carbocycles. The van der Waals surface area contributed by atoms with Crippen molar-refractivity contribution in [2.75, 3.05) is 0 Å². The highest BCUT2D eigenvalue weighted by molar-refractivity contribution is 9.10. The van der Waals surface area contributed by atoms with Crippen LogP contribution in [0.3, 0.4) is 0 Å². The highest BCUT2D eigenvalue weighted by atomic mass is 79.9. The predicted octanol–water partition coefficient (Wildman–Crippen LogP) is 2.55. The first-order valence-electron chi connectivity index (χ1n) is 6.09. The number of rotatable bonds is 2. The zero-order chi connectivity index (χ0) is 12.4. The van der Waals surface area contributed by atoms with E-state index in [0.717, 1.165) is 23.0 Å². The third kappa shape index (κ3) is 2.70. The molecule has 0 saturated heterocycles. The minimum Gasteiger partial charge on any atom is -0.348 e. The summed E-state index contributed by atoms with van der Waals surface area (Å²) in [6, 6.07) is 0.332. The lowest BCUT2D eigenvalue weighted by Crippen LogP contribution is -2.37. The molecule has 1 saturated carbocycles. The zero-order valence-corrected chi connectivity index (χ0v) is 11.9. The fourth-order valence-corrected chi connectivity index (χ4v) is 2.90. The van der Waals surface area contributed by atoms with Crippen molar-refractivity contribution in [1.29, 1.82) is 0 Å². The molecule has 0 spiro atoms. The van der Waals surface area contributed by atoms with Gasteiger partial charge in [0.05, 0.1) is 10.2 Å². The number of hydrogen-bond donors (Lipinski definition) is 1. The highest BCUT2D eigenvalue weighted by Gasteiger charge is 2.22. The second-order valence-electron chi connectivity index (χ2n) is 4.68. The van der Waals surface area contributed by atoms with Crippen molar-refractivity contribution < 1.29 is 4.79 Å². The lowest BCUT2D eigenvalue weighted by atomic mass is 9.95. The Morgan fingerprint density at radius 3 is 2.59 bits per heavy atom. The maximum Gasteiger partial charge on any atom is 0.270 e. The van der Waals surface area contributed by atoms with Gasteiger partial charge in [0.15, 0.2) is 0 Å². The fraction of sp³-hybridized carbons (Fsp3) is 0.667. The topological polar surface area (TPSA) is 46.9 Å². The van der Waals surface area contributed by atoms with E-state index in [1.807, 2.05) is 6.92 Å². The minimum absolute atomic E-state index is 0.0214. The Bertz CT molecular complexity index is 422. The van der Waals surface area contributed by atoms with Gasteiger partial charge in [0.2, 0.25) is 0 Å². The van der Waals surface area contributed by atoms with Gasteiger partial charge in [-0.3, -0.25) is 9.48 Å². The zero-order valence-electron chi connectivity index (χ0n) is 10.3. The second-order valence-corrected chi connectivity index (χ2v) is 5.47. The molecule has 1 heterocycles. The highest BCUT2D eigenvalue weighted by Crippen LogP contribution is 2.22. The second kappa shape index (κ2) is 5.21. The molecular formula is C12H18BrN3O. The number of carbonyl (C=O) groups is 1. The van der Waals surface area contributed by atoms with Gasteiger partial charge in [-0.1, -0.05) is 19.3 Å². The van der Waals surface area contributed by atoms with Crippen LogP contribution in [0.25, 0.3) is 0 Å². The molecule has 5 heteroatoms. The van der Waals surface area contributed by atoms with Crippen molar-refractivity contribution in [1.82, 2.24) is 15.1 Å². The molecule has 1 aliphatic rings. The van der Waals surface area contributed by atoms with Crippen molar-refractivity contribution in [3.63, 3.8) is 0 Å². The van der Waals surface area contributed by atoms with Crippen LogP contribution in [0.15, 0.2) is 4.47 Å². The molecule has 0 aliphatic heterocycles. The quantitative estimate of drug-likeness (QED) is 0.912. The van der Waals surface area contributed by atoms with Crippen molar-refractivity contribution in [2.45, 2.75) is 45.1 Å². The SMILES string of the molecule is Cc1nn(C)c(C(=O)NC2CCCCC2)c1Br. The monoisotopic (exact) mass is 299 g/mol. The van der Waals surface area contributed by atoms with Crippen LogP contribution >= 0.6 is 15.9 Å². The summed E-state index contributed by atoms with van der Waals surface area (Å²) in [5, 5.41) is 7.33. The van der Waals surface area contributed by atoms with Gasteiger partial charge >= 0.3 is 0 Å². The third-order valence-corrected chi connectivity index (χ3v) is 4.25. The standard InChI is InChI=1S/C12H18BrN3O/c1-8-10(13)11(16(2)15-8)12(17)14-9-6-4-3-5-7-9/h9H,3-7H2,1-2H3,(H,14,17). The Morgan fingerprint density at radius 2 is 2.06 bits per heavy atom. The fourth-order valence-electron chi connectivity index (χ4n) is 2.38. The van der Waals surface area contributed by atoms with Crippen LogP contribution in [0.2, 0.25) is 0 Å². The molecule has 1 amide bonds. The summed E-state index contributed by atoms with van der Waals surface area (Å²) in [7, 11) is 1.80. The number of amides is 1. The number of aryl methyl sites for hydroxylation is 2. The largest absolute Gasteiger partial charge is 0.348 e. The lowest BCUT2D eigenvalue weighted by molar-refractivity contribution is 0.0917. The third-order valence-electron chi connectivity index (χ3n) is 3.30. The first kappa shape index (κ1) is 12.6. The number of halogens is 1. The van der Waals surface area contributed by atoms with Gasteiger partial charge in [-0.2, -0.15) is 5.10 Å². The molecule has 94 valence electrons. The average molecular weight is 300 g/mol. The molecule has 17 heavy (non-hydrogen) atoms. The van der Waals surface area contributed by atoms with Crippen molar-refractivity contribution in [3.05, 3.63) is 15.9 Å². The molecule has 2 rings (SSSR count). The van der Waals surface area contributed by atoms with Gasteiger partial charge < -0.3 is 5.32 Å². The first-order valence-corrected chi connectivity index (χ1v) is 6.89. The van der Waals surface area contributed by atoms with Crippen LogP contribution in [0.4, 0.5) is 0 Å². The van der Waals surface area contributed by atoms with Gasteiger partial charge in [-0.05, 0) is 35.7 Å². The smallest absolute Gasteiger partial charge is 0.270 e. The molecule has 0 radical (unpaired) electrons. The van der Waals surface area contributed by atoms with E-state index in [1.165, 1.54) is 19.3 Å². The number of carbonyl (C=O) groups excluding carboxylic acids is 1. The van der Waals surface area contributed by atoms with Gasteiger partial charge in [-0.15, -0.1) is 0 Å². The summed E-state index contributed by atoms with van der Waals surface area (Å²) in [6.45, 7) is 1.89. The van der Waals surface area contributed by atoms with E-state index in [4.69, 9.17) is 0 Å². The van der Waals surface area contributed by atoms with Crippen LogP contribution in [-0.4, -0.2) is 21.7 Å². The average Bonchev–Trinajstić information content (AvgIpc) is 2.54. The van der Waals surface area contributed by atoms with E-state index in [1.54, 1.807) is 11.7 Å². The van der Waals surface area contributed by atoms with Crippen LogP contribution in [-0.2, 0) is 7.05 Å². The molecular weight excluding hydrogens is 282 g/mol. The Kier molecular flexibility index (Phi) is 3.86. The van der Waals surface area contributed by atoms with E-state index >= 15 is 0 Å². The number of nitrogens with zero attached hydrogens (tertiary/aromatic N) is 2. The first-order chi connectivity index (χ1) is 8.09. The number of aromatic nitrogens is 2. The maximum absolute atomic E-state index is 12.2. The normalized spacial score (nSPS) is 17.1. The Morgan fingerprint density at radius 1 is 1.41 bits per heavy atom. The molecule has 1 fully saturated rings. The molecule has 4 nitrogen and oxygen atoms in total. The molecule has 0 aromatic carbocycles. The van der Waals surface area contributed by atoms with Gasteiger partial charge in [0.25, 0.3) is 5.91 Å². The van der Waals surface area contributed by atoms with Crippen molar-refractivity contribution in [3.8, 4) is 0 Å². The van der Waals surface area contributed by atoms with Crippen molar-refractivity contribution in [2.24, 2.45) is 7.05 Å². The van der Waals surface area contributed by atoms with E-state index < -0.39 is 0 Å². The summed E-state index contributed by atoms with van der Waals surface area (Å²) in [5.74, 6) is -0.0214. The van der Waals surface area contributed by atoms with E-state index in [-0.39, 0.29) is 5.91 Å². The molecule has 1 aromatic heterocycles. The summed E-state index contributed by atoms with van der Waals surface area (Å²) >= 11 is 3.42. The molecule has 0 atom stereocenters. The van der Waals surface area contributed by atoms with E-state index in [9.17, 15) is 4.79 Å². The van der Waals surface area contributed by atoms with Crippen LogP contribution < -0.4 is 5.32 Å². The lowest BCUT2D eigenvalue weighted by Gasteiger charge is -2.22. The summed E-state index contributed by atoms with van der Waals surface area (Å²) in [5.41, 5.74) is 1.47. The Balaban J connectivity index is 2.08. The Labute approximate surface area is 110 Å². The summed E-state index contributed by atoms with van der Waals surface area (Å²) in [4.78, 5) is 12.2. The molecule has 0 bridgehead atoms. The van der Waals surface area contributed by atoms with E-state index in [0.29, 0.717) is 11.7 Å². The van der Waals surface area contributed by atoms with Crippen molar-refractivity contribution >= 4 is 21.8 Å². The predicted molar refractivity (Wildman–Crippen MR) is 70.0 cm³/mol. The van der Waals surface area contributed by atoms with Gasteiger partial charge in [0.1, 0.15) is 5.69 Å². The summed E-state index contributed by atoms with van der Waals surface area (Å²) in [6.07, 6.45) is 5.92. The molecule has 1 aromatic rings. The molecule has 1 N–H and O–H groups in total. The number of hydrogen-bond acceptors (Lipinski definition) is 2. The van der Waals surface area contributed by atoms with Crippen LogP contribution in [0.1, 0.15) is 48.3 Å². The minimum atomic E-state index is -0.0214. The van der Waals surface area contributed by atoms with Crippen LogP contribution in [0, 0.1) is 6.92 Å². The molecule has 0 unspecified atom stereocenters. The summed E-state index contributed by atoms with van der Waals surface area (Å²) < 4.78 is 2.44. The van der Waals surface area contributed by atoms with E-state index in [2.05, 4.69) is 26.3 Å². The van der Waals surface area contributed by atoms with Gasteiger partial charge in [-0.25, -0.2) is 0 Å². The Hall–Kier alpha value is -0.840. The maximum atomic E-state index is 12.2.